The van der Waals surface area contributed by atoms with Crippen LogP contribution in [0.5, 0.6) is 0 Å². The van der Waals surface area contributed by atoms with Crippen molar-refractivity contribution in [3.05, 3.63) is 33.3 Å². The number of hydrogen-bond donors (Lipinski definition) is 2. The standard InChI is InChI=1S/C12H16BrClN2O/c1-8(2)16-12(17)7-15-6-9-5-10(14)3-4-11(9)13/h3-5,8,15H,6-7H2,1-2H3,(H,16,17). The summed E-state index contributed by atoms with van der Waals surface area (Å²) in [4.78, 5) is 11.4. The summed E-state index contributed by atoms with van der Waals surface area (Å²) in [5.74, 6) is -0.00171. The van der Waals surface area contributed by atoms with E-state index in [0.717, 1.165) is 10.0 Å². The number of benzene rings is 1. The number of halogens is 2. The molecule has 94 valence electrons. The molecule has 0 unspecified atom stereocenters. The smallest absolute Gasteiger partial charge is 0.234 e. The maximum atomic E-state index is 11.4. The monoisotopic (exact) mass is 318 g/mol. The first kappa shape index (κ1) is 14.5. The van der Waals surface area contributed by atoms with Crippen LogP contribution < -0.4 is 10.6 Å². The summed E-state index contributed by atoms with van der Waals surface area (Å²) in [6.45, 7) is 4.78. The van der Waals surface area contributed by atoms with E-state index in [1.165, 1.54) is 0 Å². The first-order valence-electron chi connectivity index (χ1n) is 5.43. The van der Waals surface area contributed by atoms with Crippen LogP contribution >= 0.6 is 27.5 Å². The number of carbonyl (C=O) groups is 1. The quantitative estimate of drug-likeness (QED) is 0.876. The summed E-state index contributed by atoms with van der Waals surface area (Å²) < 4.78 is 0.985. The van der Waals surface area contributed by atoms with Gasteiger partial charge in [-0.25, -0.2) is 0 Å². The van der Waals surface area contributed by atoms with Crippen molar-refractivity contribution in [3.8, 4) is 0 Å². The predicted octanol–water partition coefficient (Wildman–Crippen LogP) is 2.72. The molecular formula is C12H16BrClN2O. The van der Waals surface area contributed by atoms with Gasteiger partial charge in [0.2, 0.25) is 5.91 Å². The average Bonchev–Trinajstić information content (AvgIpc) is 2.22. The third-order valence-electron chi connectivity index (χ3n) is 2.06. The molecule has 0 aromatic heterocycles. The number of nitrogens with one attached hydrogen (secondary N) is 2. The Balaban J connectivity index is 2.40. The van der Waals surface area contributed by atoms with Gasteiger partial charge in [0.25, 0.3) is 0 Å². The first-order chi connectivity index (χ1) is 7.99. The van der Waals surface area contributed by atoms with Crippen molar-refractivity contribution in [2.75, 3.05) is 6.54 Å². The molecule has 3 nitrogen and oxygen atoms in total. The number of rotatable bonds is 5. The van der Waals surface area contributed by atoms with Gasteiger partial charge in [-0.2, -0.15) is 0 Å². The maximum absolute atomic E-state index is 11.4. The van der Waals surface area contributed by atoms with Crippen LogP contribution in [-0.4, -0.2) is 18.5 Å². The van der Waals surface area contributed by atoms with E-state index in [-0.39, 0.29) is 11.9 Å². The van der Waals surface area contributed by atoms with Crippen molar-refractivity contribution >= 4 is 33.4 Å². The zero-order valence-corrected chi connectivity index (χ0v) is 12.2. The minimum absolute atomic E-state index is 0.00171. The molecule has 0 saturated carbocycles. The van der Waals surface area contributed by atoms with E-state index in [1.54, 1.807) is 0 Å². The fourth-order valence-electron chi connectivity index (χ4n) is 1.36. The Morgan fingerprint density at radius 2 is 2.18 bits per heavy atom. The molecule has 5 heteroatoms. The van der Waals surface area contributed by atoms with E-state index in [2.05, 4.69) is 26.6 Å². The van der Waals surface area contributed by atoms with Gasteiger partial charge in [-0.3, -0.25) is 4.79 Å². The zero-order chi connectivity index (χ0) is 12.8. The molecule has 1 aromatic carbocycles. The minimum atomic E-state index is -0.00171. The topological polar surface area (TPSA) is 41.1 Å². The van der Waals surface area contributed by atoms with E-state index >= 15 is 0 Å². The van der Waals surface area contributed by atoms with Crippen LogP contribution in [0.4, 0.5) is 0 Å². The normalized spacial score (nSPS) is 10.6. The van der Waals surface area contributed by atoms with Gasteiger partial charge in [0, 0.05) is 22.1 Å². The number of amides is 1. The highest BCUT2D eigenvalue weighted by molar-refractivity contribution is 9.10. The molecule has 0 aliphatic carbocycles. The highest BCUT2D eigenvalue weighted by Gasteiger charge is 2.04. The fraction of sp³-hybridized carbons (Fsp3) is 0.417. The molecule has 0 saturated heterocycles. The van der Waals surface area contributed by atoms with Gasteiger partial charge in [0.05, 0.1) is 6.54 Å². The Bertz CT molecular complexity index is 396. The average molecular weight is 320 g/mol. The van der Waals surface area contributed by atoms with Gasteiger partial charge in [0.15, 0.2) is 0 Å². The molecule has 1 rings (SSSR count). The van der Waals surface area contributed by atoms with E-state index in [9.17, 15) is 4.79 Å². The largest absolute Gasteiger partial charge is 0.353 e. The molecule has 0 atom stereocenters. The van der Waals surface area contributed by atoms with Gasteiger partial charge in [0.1, 0.15) is 0 Å². The fourth-order valence-corrected chi connectivity index (χ4v) is 1.94. The molecule has 17 heavy (non-hydrogen) atoms. The molecule has 0 radical (unpaired) electrons. The molecule has 0 heterocycles. The van der Waals surface area contributed by atoms with Crippen LogP contribution in [0.2, 0.25) is 5.02 Å². The minimum Gasteiger partial charge on any atom is -0.353 e. The summed E-state index contributed by atoms with van der Waals surface area (Å²) in [5.41, 5.74) is 1.04. The Morgan fingerprint density at radius 3 is 2.82 bits per heavy atom. The lowest BCUT2D eigenvalue weighted by Gasteiger charge is -2.10. The molecule has 0 aliphatic heterocycles. The highest BCUT2D eigenvalue weighted by atomic mass is 79.9. The highest BCUT2D eigenvalue weighted by Crippen LogP contribution is 2.20. The molecule has 0 aliphatic rings. The third-order valence-corrected chi connectivity index (χ3v) is 3.07. The molecule has 1 amide bonds. The van der Waals surface area contributed by atoms with Crippen LogP contribution in [0, 0.1) is 0 Å². The number of carbonyl (C=O) groups excluding carboxylic acids is 1. The van der Waals surface area contributed by atoms with Gasteiger partial charge < -0.3 is 10.6 Å². The van der Waals surface area contributed by atoms with Gasteiger partial charge in [-0.05, 0) is 37.6 Å². The summed E-state index contributed by atoms with van der Waals surface area (Å²) in [6.07, 6.45) is 0. The van der Waals surface area contributed by atoms with Crippen LogP contribution in [0.15, 0.2) is 22.7 Å². The molecule has 0 fully saturated rings. The van der Waals surface area contributed by atoms with E-state index < -0.39 is 0 Å². The SMILES string of the molecule is CC(C)NC(=O)CNCc1cc(Cl)ccc1Br. The summed E-state index contributed by atoms with van der Waals surface area (Å²) >= 11 is 9.34. The van der Waals surface area contributed by atoms with Crippen LogP contribution in [0.1, 0.15) is 19.4 Å². The number of hydrogen-bond acceptors (Lipinski definition) is 2. The second-order valence-corrected chi connectivity index (χ2v) is 5.35. The van der Waals surface area contributed by atoms with Crippen molar-refractivity contribution in [2.24, 2.45) is 0 Å². The predicted molar refractivity (Wildman–Crippen MR) is 74.1 cm³/mol. The van der Waals surface area contributed by atoms with E-state index in [4.69, 9.17) is 11.6 Å². The summed E-state index contributed by atoms with van der Waals surface area (Å²) in [5, 5.41) is 6.58. The second-order valence-electron chi connectivity index (χ2n) is 4.06. The van der Waals surface area contributed by atoms with Crippen molar-refractivity contribution in [3.63, 3.8) is 0 Å². The lowest BCUT2D eigenvalue weighted by Crippen LogP contribution is -2.37. The van der Waals surface area contributed by atoms with Gasteiger partial charge in [-0.1, -0.05) is 27.5 Å². The lowest BCUT2D eigenvalue weighted by molar-refractivity contribution is -0.120. The van der Waals surface area contributed by atoms with Crippen LogP contribution in [0.3, 0.4) is 0 Å². The van der Waals surface area contributed by atoms with Crippen molar-refractivity contribution in [1.82, 2.24) is 10.6 Å². The Kier molecular flexibility index (Phi) is 5.95. The van der Waals surface area contributed by atoms with Gasteiger partial charge in [-0.15, -0.1) is 0 Å². The molecular weight excluding hydrogens is 304 g/mol. The Hall–Kier alpha value is -0.580. The Morgan fingerprint density at radius 1 is 1.47 bits per heavy atom. The molecule has 2 N–H and O–H groups in total. The molecule has 0 spiro atoms. The van der Waals surface area contributed by atoms with Crippen molar-refractivity contribution in [2.45, 2.75) is 26.4 Å². The molecule has 1 aromatic rings. The van der Waals surface area contributed by atoms with E-state index in [1.807, 2.05) is 32.0 Å². The molecule has 0 bridgehead atoms. The maximum Gasteiger partial charge on any atom is 0.234 e. The first-order valence-corrected chi connectivity index (χ1v) is 6.60. The lowest BCUT2D eigenvalue weighted by atomic mass is 10.2. The van der Waals surface area contributed by atoms with Gasteiger partial charge >= 0.3 is 0 Å². The van der Waals surface area contributed by atoms with Crippen molar-refractivity contribution in [1.29, 1.82) is 0 Å². The Labute approximate surface area is 115 Å². The van der Waals surface area contributed by atoms with Crippen LogP contribution in [0.25, 0.3) is 0 Å². The van der Waals surface area contributed by atoms with E-state index in [0.29, 0.717) is 18.1 Å². The second kappa shape index (κ2) is 6.99. The summed E-state index contributed by atoms with van der Waals surface area (Å²) in [7, 11) is 0. The summed E-state index contributed by atoms with van der Waals surface area (Å²) in [6, 6.07) is 5.76. The third kappa shape index (κ3) is 5.52. The van der Waals surface area contributed by atoms with Crippen molar-refractivity contribution < 1.29 is 4.79 Å². The zero-order valence-electron chi connectivity index (χ0n) is 9.89. The van der Waals surface area contributed by atoms with Crippen LogP contribution in [-0.2, 0) is 11.3 Å².